The summed E-state index contributed by atoms with van der Waals surface area (Å²) in [5.74, 6) is 0.464. The number of benzene rings is 1. The van der Waals surface area contributed by atoms with E-state index in [1.54, 1.807) is 18.2 Å². The fourth-order valence-corrected chi connectivity index (χ4v) is 1.31. The average Bonchev–Trinajstić information content (AvgIpc) is 2.17. The first kappa shape index (κ1) is 10.6. The van der Waals surface area contributed by atoms with Crippen LogP contribution in [0.15, 0.2) is 18.2 Å². The molecule has 6 heteroatoms. The van der Waals surface area contributed by atoms with Crippen molar-refractivity contribution in [3.05, 3.63) is 18.2 Å². The third kappa shape index (κ3) is 2.08. The van der Waals surface area contributed by atoms with E-state index in [-0.39, 0.29) is 0 Å². The fourth-order valence-electron chi connectivity index (χ4n) is 0.995. The maximum Gasteiger partial charge on any atom is 0.224 e. The molecule has 0 saturated carbocycles. The minimum Gasteiger partial charge on any atom is -0.495 e. The van der Waals surface area contributed by atoms with Gasteiger partial charge in [0.1, 0.15) is 5.75 Å². The molecule has 0 unspecified atom stereocenters. The van der Waals surface area contributed by atoms with Gasteiger partial charge in [0.05, 0.1) is 18.5 Å². The van der Waals surface area contributed by atoms with Crippen LogP contribution >= 0.6 is 0 Å². The zero-order valence-electron chi connectivity index (χ0n) is 7.93. The molecule has 0 atom stereocenters. The summed E-state index contributed by atoms with van der Waals surface area (Å²) in [5.41, 5.74) is 6.58. The van der Waals surface area contributed by atoms with Gasteiger partial charge >= 0.3 is 0 Å². The summed E-state index contributed by atoms with van der Waals surface area (Å²) in [5, 5.41) is 0. The zero-order valence-corrected chi connectivity index (χ0v) is 8.82. The molecule has 78 valence electrons. The maximum absolute atomic E-state index is 10.7. The van der Waals surface area contributed by atoms with Crippen molar-refractivity contribution in [1.29, 1.82) is 0 Å². The lowest BCUT2D eigenvalue weighted by Gasteiger charge is -2.13. The molecule has 0 fully saturated rings. The van der Waals surface area contributed by atoms with Crippen molar-refractivity contribution in [2.75, 3.05) is 24.2 Å². The Labute approximate surface area is 84.2 Å². The molecule has 0 amide bonds. The zero-order chi connectivity index (χ0) is 10.7. The highest BCUT2D eigenvalue weighted by atomic mass is 32.2. The number of methoxy groups -OCH3 is 1. The summed E-state index contributed by atoms with van der Waals surface area (Å²) >= 11 is 0. The van der Waals surface area contributed by atoms with Crippen molar-refractivity contribution < 1.29 is 13.2 Å². The van der Waals surface area contributed by atoms with Crippen molar-refractivity contribution in [3.63, 3.8) is 0 Å². The van der Waals surface area contributed by atoms with Gasteiger partial charge in [0, 0.05) is 13.1 Å². The monoisotopic (exact) mass is 216 g/mol. The summed E-state index contributed by atoms with van der Waals surface area (Å²) in [6, 6.07) is 4.78. The lowest BCUT2D eigenvalue weighted by molar-refractivity contribution is 0.417. The molecular formula is C8H12N2O3S. The molecule has 2 N–H and O–H groups in total. The van der Waals surface area contributed by atoms with Crippen LogP contribution in [0.25, 0.3) is 0 Å². The normalized spacial score (nSPS) is 10.2. The van der Waals surface area contributed by atoms with Gasteiger partial charge in [0.2, 0.25) is 10.9 Å². The number of hydrogen-bond acceptors (Lipinski definition) is 4. The number of hydrogen-bond donors (Lipinski definition) is 2. The van der Waals surface area contributed by atoms with E-state index in [9.17, 15) is 8.42 Å². The van der Waals surface area contributed by atoms with Crippen LogP contribution in [-0.2, 0) is 10.9 Å². The second-order valence-electron chi connectivity index (χ2n) is 2.69. The predicted molar refractivity (Wildman–Crippen MR) is 56.1 cm³/mol. The second kappa shape index (κ2) is 4.19. The Balaban J connectivity index is 3.12. The van der Waals surface area contributed by atoms with Crippen molar-refractivity contribution >= 4 is 22.3 Å². The first-order chi connectivity index (χ1) is 6.56. The van der Waals surface area contributed by atoms with Crippen molar-refractivity contribution in [3.8, 4) is 5.75 Å². The van der Waals surface area contributed by atoms with E-state index in [4.69, 9.17) is 10.5 Å². The minimum atomic E-state index is -2.63. The molecule has 5 nitrogen and oxygen atoms in total. The van der Waals surface area contributed by atoms with Crippen molar-refractivity contribution in [1.82, 2.24) is 0 Å². The van der Waals surface area contributed by atoms with Gasteiger partial charge in [-0.15, -0.1) is 0 Å². The van der Waals surface area contributed by atoms with Gasteiger partial charge in [-0.1, -0.05) is 0 Å². The summed E-state index contributed by atoms with van der Waals surface area (Å²) in [7, 11) is 0.306. The van der Waals surface area contributed by atoms with E-state index < -0.39 is 10.9 Å². The largest absolute Gasteiger partial charge is 0.495 e. The Kier molecular flexibility index (Phi) is 3.19. The summed E-state index contributed by atoms with van der Waals surface area (Å²) < 4.78 is 27.4. The van der Waals surface area contributed by atoms with Crippen LogP contribution in [0, 0.1) is 0 Å². The molecular weight excluding hydrogens is 204 g/mol. The topological polar surface area (TPSA) is 72.6 Å². The third-order valence-electron chi connectivity index (χ3n) is 1.84. The lowest BCUT2D eigenvalue weighted by atomic mass is 10.2. The Morgan fingerprint density at radius 3 is 2.57 bits per heavy atom. The minimum absolute atomic E-state index is 0.464. The molecule has 0 aromatic heterocycles. The standard InChI is InChI=1S/C8H12N2O3S/c1-10(14(11)12)6-3-4-7(9)8(5-6)13-2/h3-5,14H,9H2,1-2H3. The van der Waals surface area contributed by atoms with Crippen LogP contribution in [0.1, 0.15) is 0 Å². The average molecular weight is 216 g/mol. The summed E-state index contributed by atoms with van der Waals surface area (Å²) in [6.45, 7) is 0. The number of nitrogens with two attached hydrogens (primary N) is 1. The van der Waals surface area contributed by atoms with Crippen LogP contribution < -0.4 is 14.8 Å². The van der Waals surface area contributed by atoms with Crippen LogP contribution in [0.4, 0.5) is 11.4 Å². The second-order valence-corrected chi connectivity index (χ2v) is 3.76. The fraction of sp³-hybridized carbons (Fsp3) is 0.250. The molecule has 1 aromatic rings. The number of rotatable bonds is 3. The van der Waals surface area contributed by atoms with Crippen LogP contribution in [-0.4, -0.2) is 22.6 Å². The highest BCUT2D eigenvalue weighted by Crippen LogP contribution is 2.26. The molecule has 1 rings (SSSR count). The molecule has 0 heterocycles. The van der Waals surface area contributed by atoms with E-state index in [0.29, 0.717) is 17.1 Å². The van der Waals surface area contributed by atoms with E-state index in [0.717, 1.165) is 4.31 Å². The van der Waals surface area contributed by atoms with Crippen molar-refractivity contribution in [2.24, 2.45) is 0 Å². The maximum atomic E-state index is 10.7. The molecule has 0 spiro atoms. The van der Waals surface area contributed by atoms with Crippen molar-refractivity contribution in [2.45, 2.75) is 0 Å². The Morgan fingerprint density at radius 1 is 1.43 bits per heavy atom. The van der Waals surface area contributed by atoms with Gasteiger partial charge in [-0.3, -0.25) is 4.31 Å². The number of nitrogens with zero attached hydrogens (tertiary/aromatic N) is 1. The predicted octanol–water partition coefficient (Wildman–Crippen LogP) is 0.240. The highest BCUT2D eigenvalue weighted by Gasteiger charge is 2.05. The molecule has 0 bridgehead atoms. The van der Waals surface area contributed by atoms with Gasteiger partial charge in [0.15, 0.2) is 0 Å². The lowest BCUT2D eigenvalue weighted by Crippen LogP contribution is -2.14. The first-order valence-electron chi connectivity index (χ1n) is 3.88. The molecule has 0 aliphatic rings. The van der Waals surface area contributed by atoms with Crippen LogP contribution in [0.5, 0.6) is 5.75 Å². The van der Waals surface area contributed by atoms with Gasteiger partial charge in [-0.25, -0.2) is 8.42 Å². The van der Waals surface area contributed by atoms with Crippen LogP contribution in [0.3, 0.4) is 0 Å². The highest BCUT2D eigenvalue weighted by molar-refractivity contribution is 7.74. The molecule has 1 aromatic carbocycles. The molecule has 0 aliphatic heterocycles. The Hall–Kier alpha value is -1.43. The summed E-state index contributed by atoms with van der Waals surface area (Å²) in [6.07, 6.45) is 0. The molecule has 0 aliphatic carbocycles. The van der Waals surface area contributed by atoms with E-state index in [2.05, 4.69) is 0 Å². The number of anilines is 2. The van der Waals surface area contributed by atoms with Gasteiger partial charge in [-0.2, -0.15) is 0 Å². The molecule has 0 saturated heterocycles. The molecule has 14 heavy (non-hydrogen) atoms. The quantitative estimate of drug-likeness (QED) is 0.561. The smallest absolute Gasteiger partial charge is 0.224 e. The number of nitrogen functional groups attached to an aromatic ring is 1. The van der Waals surface area contributed by atoms with Gasteiger partial charge < -0.3 is 10.5 Å². The van der Waals surface area contributed by atoms with Gasteiger partial charge in [-0.05, 0) is 12.1 Å². The van der Waals surface area contributed by atoms with E-state index in [1.165, 1.54) is 14.2 Å². The summed E-state index contributed by atoms with van der Waals surface area (Å²) in [4.78, 5) is 0. The van der Waals surface area contributed by atoms with Crippen LogP contribution in [0.2, 0.25) is 0 Å². The number of ether oxygens (including phenoxy) is 1. The van der Waals surface area contributed by atoms with Gasteiger partial charge in [0.25, 0.3) is 0 Å². The first-order valence-corrected chi connectivity index (χ1v) is 5.01. The Bertz CT molecular complexity index is 396. The number of thiol groups is 1. The van der Waals surface area contributed by atoms with E-state index in [1.807, 2.05) is 0 Å². The van der Waals surface area contributed by atoms with E-state index >= 15 is 0 Å². The Morgan fingerprint density at radius 2 is 2.07 bits per heavy atom. The molecule has 0 radical (unpaired) electrons. The third-order valence-corrected chi connectivity index (χ3v) is 2.56. The SMILES string of the molecule is COc1cc(N(C)[SH](=O)=O)ccc1N.